The third-order valence-electron chi connectivity index (χ3n) is 2.82. The third-order valence-corrected chi connectivity index (χ3v) is 2.82. The highest BCUT2D eigenvalue weighted by atomic mass is 16.6. The van der Waals surface area contributed by atoms with E-state index in [2.05, 4.69) is 5.32 Å². The molecule has 0 radical (unpaired) electrons. The number of hydrogen-bond donors (Lipinski definition) is 2. The first kappa shape index (κ1) is 17.5. The molecular formula is C15H20N2O5. The second-order valence-electron chi connectivity index (χ2n) is 4.76. The molecule has 0 saturated heterocycles. The van der Waals surface area contributed by atoms with Gasteiger partial charge in [-0.15, -0.1) is 0 Å². The Bertz CT molecular complexity index is 571. The minimum Gasteiger partial charge on any atom is -0.482 e. The maximum absolute atomic E-state index is 11.6. The quantitative estimate of drug-likeness (QED) is 0.794. The third kappa shape index (κ3) is 5.43. The van der Waals surface area contributed by atoms with Gasteiger partial charge in [0.15, 0.2) is 12.7 Å². The van der Waals surface area contributed by atoms with Gasteiger partial charge in [-0.2, -0.15) is 0 Å². The molecule has 1 rings (SSSR count). The highest BCUT2D eigenvalue weighted by Crippen LogP contribution is 2.18. The highest BCUT2D eigenvalue weighted by Gasteiger charge is 2.19. The molecule has 0 saturated carbocycles. The van der Waals surface area contributed by atoms with Gasteiger partial charge < -0.3 is 14.8 Å². The van der Waals surface area contributed by atoms with Crippen LogP contribution in [0.4, 0.5) is 4.79 Å². The molecule has 0 spiro atoms. The fourth-order valence-electron chi connectivity index (χ4n) is 1.66. The molecule has 120 valence electrons. The number of ether oxygens (including phenoxy) is 2. The van der Waals surface area contributed by atoms with Gasteiger partial charge in [-0.25, -0.2) is 9.59 Å². The molecule has 0 aliphatic carbocycles. The number of carbonyl (C=O) groups is 3. The Labute approximate surface area is 129 Å². The smallest absolute Gasteiger partial charge is 0.344 e. The van der Waals surface area contributed by atoms with Crippen LogP contribution in [0.2, 0.25) is 0 Å². The van der Waals surface area contributed by atoms with Crippen LogP contribution in [0.3, 0.4) is 0 Å². The zero-order valence-electron chi connectivity index (χ0n) is 13.1. The van der Waals surface area contributed by atoms with Crippen LogP contribution in [-0.2, 0) is 14.3 Å². The van der Waals surface area contributed by atoms with E-state index in [-0.39, 0.29) is 6.61 Å². The van der Waals surface area contributed by atoms with Crippen molar-refractivity contribution in [2.24, 2.45) is 0 Å². The number of hydrogen-bond acceptors (Lipinski definition) is 5. The average molecular weight is 308 g/mol. The maximum atomic E-state index is 11.6. The SMILES string of the molecule is CNC(=O)NC(=O)[C@H](C)OC(=O)COc1ccc(C)cc1C. The van der Waals surface area contributed by atoms with Crippen molar-refractivity contribution >= 4 is 17.9 Å². The molecule has 0 unspecified atom stereocenters. The Morgan fingerprint density at radius 2 is 1.91 bits per heavy atom. The molecule has 0 aliphatic heterocycles. The second kappa shape index (κ2) is 8.02. The van der Waals surface area contributed by atoms with Gasteiger partial charge in [-0.3, -0.25) is 10.1 Å². The van der Waals surface area contributed by atoms with E-state index in [0.29, 0.717) is 5.75 Å². The number of urea groups is 1. The summed E-state index contributed by atoms with van der Waals surface area (Å²) in [5.41, 5.74) is 1.99. The van der Waals surface area contributed by atoms with Gasteiger partial charge in [0.05, 0.1) is 0 Å². The highest BCUT2D eigenvalue weighted by molar-refractivity contribution is 5.97. The number of imide groups is 1. The first-order valence-corrected chi connectivity index (χ1v) is 6.75. The van der Waals surface area contributed by atoms with Crippen LogP contribution in [0, 0.1) is 13.8 Å². The Hall–Kier alpha value is -2.57. The summed E-state index contributed by atoms with van der Waals surface area (Å²) in [4.78, 5) is 34.1. The molecule has 22 heavy (non-hydrogen) atoms. The van der Waals surface area contributed by atoms with Crippen molar-refractivity contribution in [2.45, 2.75) is 26.9 Å². The van der Waals surface area contributed by atoms with Gasteiger partial charge in [0.1, 0.15) is 5.75 Å². The van der Waals surface area contributed by atoms with Crippen LogP contribution >= 0.6 is 0 Å². The lowest BCUT2D eigenvalue weighted by atomic mass is 10.1. The molecule has 1 aromatic carbocycles. The first-order valence-electron chi connectivity index (χ1n) is 6.75. The van der Waals surface area contributed by atoms with Gasteiger partial charge in [0.25, 0.3) is 5.91 Å². The summed E-state index contributed by atoms with van der Waals surface area (Å²) >= 11 is 0. The van der Waals surface area contributed by atoms with Crippen molar-refractivity contribution in [1.29, 1.82) is 0 Å². The topological polar surface area (TPSA) is 93.7 Å². The summed E-state index contributed by atoms with van der Waals surface area (Å²) < 4.78 is 10.2. The first-order chi connectivity index (χ1) is 10.3. The largest absolute Gasteiger partial charge is 0.482 e. The molecule has 0 fully saturated rings. The number of aryl methyl sites for hydroxylation is 2. The van der Waals surface area contributed by atoms with E-state index in [1.807, 2.05) is 31.3 Å². The van der Waals surface area contributed by atoms with Crippen molar-refractivity contribution in [1.82, 2.24) is 10.6 Å². The summed E-state index contributed by atoms with van der Waals surface area (Å²) in [5, 5.41) is 4.24. The normalized spacial score (nSPS) is 11.3. The minimum atomic E-state index is -1.09. The molecule has 0 aromatic heterocycles. The van der Waals surface area contributed by atoms with Crippen LogP contribution in [0.25, 0.3) is 0 Å². The minimum absolute atomic E-state index is 0.318. The van der Waals surface area contributed by atoms with E-state index in [9.17, 15) is 14.4 Å². The molecule has 3 amide bonds. The molecule has 7 heteroatoms. The van der Waals surface area contributed by atoms with E-state index in [1.165, 1.54) is 14.0 Å². The van der Waals surface area contributed by atoms with E-state index in [4.69, 9.17) is 9.47 Å². The van der Waals surface area contributed by atoms with Crippen molar-refractivity contribution in [2.75, 3.05) is 13.7 Å². The molecule has 1 atom stereocenters. The van der Waals surface area contributed by atoms with Gasteiger partial charge in [-0.1, -0.05) is 17.7 Å². The molecule has 0 heterocycles. The van der Waals surface area contributed by atoms with Crippen LogP contribution in [0.1, 0.15) is 18.1 Å². The zero-order valence-corrected chi connectivity index (χ0v) is 13.1. The predicted octanol–water partition coefficient (Wildman–Crippen LogP) is 1.07. The number of carbonyl (C=O) groups excluding carboxylic acids is 3. The summed E-state index contributed by atoms with van der Waals surface area (Å²) in [6.45, 7) is 4.87. The molecular weight excluding hydrogens is 288 g/mol. The molecule has 2 N–H and O–H groups in total. The van der Waals surface area contributed by atoms with E-state index in [0.717, 1.165) is 11.1 Å². The zero-order chi connectivity index (χ0) is 16.7. The number of amides is 3. The van der Waals surface area contributed by atoms with Gasteiger partial charge >= 0.3 is 12.0 Å². The Morgan fingerprint density at radius 3 is 2.50 bits per heavy atom. The summed E-state index contributed by atoms with van der Waals surface area (Å²) in [6.07, 6.45) is -1.09. The fraction of sp³-hybridized carbons (Fsp3) is 0.400. The lowest BCUT2D eigenvalue weighted by Crippen LogP contribution is -2.43. The van der Waals surface area contributed by atoms with Crippen LogP contribution in [-0.4, -0.2) is 37.7 Å². The van der Waals surface area contributed by atoms with Crippen LogP contribution < -0.4 is 15.4 Å². The maximum Gasteiger partial charge on any atom is 0.344 e. The van der Waals surface area contributed by atoms with Crippen LogP contribution in [0.15, 0.2) is 18.2 Å². The van der Waals surface area contributed by atoms with E-state index >= 15 is 0 Å². The lowest BCUT2D eigenvalue weighted by molar-refractivity contribution is -0.156. The lowest BCUT2D eigenvalue weighted by Gasteiger charge is -2.14. The van der Waals surface area contributed by atoms with Crippen molar-refractivity contribution in [3.05, 3.63) is 29.3 Å². The molecule has 1 aromatic rings. The van der Waals surface area contributed by atoms with Crippen molar-refractivity contribution < 1.29 is 23.9 Å². The predicted molar refractivity (Wildman–Crippen MR) is 79.6 cm³/mol. The van der Waals surface area contributed by atoms with Crippen molar-refractivity contribution in [3.63, 3.8) is 0 Å². The number of rotatable bonds is 5. The summed E-state index contributed by atoms with van der Waals surface area (Å²) in [6, 6.07) is 4.90. The molecule has 0 bridgehead atoms. The van der Waals surface area contributed by atoms with Gasteiger partial charge in [0, 0.05) is 7.05 Å². The van der Waals surface area contributed by atoms with Gasteiger partial charge in [-0.05, 0) is 32.4 Å². The van der Waals surface area contributed by atoms with E-state index < -0.39 is 24.0 Å². The Kier molecular flexibility index (Phi) is 6.37. The summed E-state index contributed by atoms with van der Waals surface area (Å²) in [5.74, 6) is -0.830. The number of benzene rings is 1. The summed E-state index contributed by atoms with van der Waals surface area (Å²) in [7, 11) is 1.37. The van der Waals surface area contributed by atoms with E-state index in [1.54, 1.807) is 6.07 Å². The monoisotopic (exact) mass is 308 g/mol. The Balaban J connectivity index is 2.45. The molecule has 7 nitrogen and oxygen atoms in total. The van der Waals surface area contributed by atoms with Crippen molar-refractivity contribution in [3.8, 4) is 5.75 Å². The molecule has 0 aliphatic rings. The standard InChI is InChI=1S/C15H20N2O5/c1-9-5-6-12(10(2)7-9)21-8-13(18)22-11(3)14(19)17-15(20)16-4/h5-7,11H,8H2,1-4H3,(H2,16,17,19,20)/t11-/m0/s1. The second-order valence-corrected chi connectivity index (χ2v) is 4.76. The number of nitrogens with one attached hydrogen (secondary N) is 2. The number of esters is 1. The average Bonchev–Trinajstić information content (AvgIpc) is 2.45. The Morgan fingerprint density at radius 1 is 1.23 bits per heavy atom. The fourth-order valence-corrected chi connectivity index (χ4v) is 1.66. The van der Waals surface area contributed by atoms with Gasteiger partial charge in [0.2, 0.25) is 0 Å². The van der Waals surface area contributed by atoms with Crippen LogP contribution in [0.5, 0.6) is 5.75 Å².